The predicted molar refractivity (Wildman–Crippen MR) is 92.8 cm³/mol. The molecule has 0 amide bonds. The zero-order chi connectivity index (χ0) is 17.9. The molecule has 0 saturated carbocycles. The van der Waals surface area contributed by atoms with Crippen LogP contribution in [0.4, 0.5) is 0 Å². The van der Waals surface area contributed by atoms with E-state index in [1.165, 1.54) is 12.1 Å². The minimum atomic E-state index is -0.949. The molecule has 5 heteroatoms. The molecule has 1 aromatic carbocycles. The van der Waals surface area contributed by atoms with Crippen molar-refractivity contribution in [3.8, 4) is 22.6 Å². The van der Waals surface area contributed by atoms with Crippen LogP contribution in [-0.4, -0.2) is 19.3 Å². The Morgan fingerprint density at radius 1 is 1.17 bits per heavy atom. The molecule has 5 nitrogen and oxygen atoms in total. The zero-order valence-electron chi connectivity index (χ0n) is 14.3. The van der Waals surface area contributed by atoms with E-state index in [0.29, 0.717) is 28.4 Å². The van der Waals surface area contributed by atoms with Crippen LogP contribution in [0.3, 0.4) is 0 Å². The zero-order valence-corrected chi connectivity index (χ0v) is 14.3. The Labute approximate surface area is 141 Å². The van der Waals surface area contributed by atoms with Crippen molar-refractivity contribution >= 4 is 0 Å². The number of hydrogen-bond acceptors (Lipinski definition) is 5. The lowest BCUT2D eigenvalue weighted by Gasteiger charge is -2.18. The maximum Gasteiger partial charge on any atom is 0.336 e. The Balaban J connectivity index is 2.78. The summed E-state index contributed by atoms with van der Waals surface area (Å²) in [6.45, 7) is 7.44. The van der Waals surface area contributed by atoms with Crippen LogP contribution in [0.2, 0.25) is 0 Å². The van der Waals surface area contributed by atoms with Crippen molar-refractivity contribution in [2.75, 3.05) is 14.2 Å². The van der Waals surface area contributed by atoms with Crippen LogP contribution in [0.1, 0.15) is 37.2 Å². The standard InChI is InChI=1S/C19H22O5/c1-6-14(20)18-13(10-17(21)24-19(18)11(2)3)12-7-8-15(22-4)16(9-12)23-5/h6-11,14,20H,1H2,2-5H3. The van der Waals surface area contributed by atoms with Crippen LogP contribution in [-0.2, 0) is 0 Å². The fourth-order valence-electron chi connectivity index (χ4n) is 2.62. The summed E-state index contributed by atoms with van der Waals surface area (Å²) in [6, 6.07) is 6.69. The van der Waals surface area contributed by atoms with Crippen molar-refractivity contribution < 1.29 is 19.0 Å². The fraction of sp³-hybridized carbons (Fsp3) is 0.316. The highest BCUT2D eigenvalue weighted by molar-refractivity contribution is 5.71. The molecule has 0 spiro atoms. The van der Waals surface area contributed by atoms with Crippen molar-refractivity contribution in [1.82, 2.24) is 0 Å². The van der Waals surface area contributed by atoms with Crippen molar-refractivity contribution in [3.05, 3.63) is 58.7 Å². The molecule has 1 atom stereocenters. The molecule has 0 aliphatic carbocycles. The van der Waals surface area contributed by atoms with Gasteiger partial charge in [0, 0.05) is 17.5 Å². The quantitative estimate of drug-likeness (QED) is 0.819. The Morgan fingerprint density at radius 3 is 2.38 bits per heavy atom. The number of rotatable bonds is 6. The molecule has 128 valence electrons. The lowest BCUT2D eigenvalue weighted by atomic mass is 9.92. The average molecular weight is 330 g/mol. The normalized spacial score (nSPS) is 12.1. The first-order valence-electron chi connectivity index (χ1n) is 7.63. The van der Waals surface area contributed by atoms with Crippen LogP contribution in [0.25, 0.3) is 11.1 Å². The molecule has 1 aromatic heterocycles. The lowest BCUT2D eigenvalue weighted by molar-refractivity contribution is 0.221. The summed E-state index contributed by atoms with van der Waals surface area (Å²) in [5.41, 5.74) is 1.37. The summed E-state index contributed by atoms with van der Waals surface area (Å²) in [7, 11) is 3.10. The van der Waals surface area contributed by atoms with Gasteiger partial charge in [0.25, 0.3) is 0 Å². The van der Waals surface area contributed by atoms with Crippen molar-refractivity contribution in [2.45, 2.75) is 25.9 Å². The first-order chi connectivity index (χ1) is 11.4. The summed E-state index contributed by atoms with van der Waals surface area (Å²) < 4.78 is 15.9. The Morgan fingerprint density at radius 2 is 1.83 bits per heavy atom. The second-order valence-corrected chi connectivity index (χ2v) is 5.66. The number of aliphatic hydroxyl groups is 1. The van der Waals surface area contributed by atoms with Gasteiger partial charge in [-0.05, 0) is 23.3 Å². The third-order valence-electron chi connectivity index (χ3n) is 3.77. The van der Waals surface area contributed by atoms with Crippen molar-refractivity contribution in [2.24, 2.45) is 0 Å². The molecule has 0 saturated heterocycles. The first kappa shape index (κ1) is 17.8. The lowest BCUT2D eigenvalue weighted by Crippen LogP contribution is -2.10. The molecule has 1 N–H and O–H groups in total. The van der Waals surface area contributed by atoms with Gasteiger partial charge in [-0.2, -0.15) is 0 Å². The van der Waals surface area contributed by atoms with Crippen LogP contribution in [0.15, 0.2) is 46.1 Å². The number of methoxy groups -OCH3 is 2. The summed E-state index contributed by atoms with van der Waals surface area (Å²) in [5.74, 6) is 1.49. The third-order valence-corrected chi connectivity index (χ3v) is 3.77. The summed E-state index contributed by atoms with van der Waals surface area (Å²) in [4.78, 5) is 12.0. The van der Waals surface area contributed by atoms with Gasteiger partial charge in [-0.1, -0.05) is 26.0 Å². The van der Waals surface area contributed by atoms with Crippen molar-refractivity contribution in [3.63, 3.8) is 0 Å². The fourth-order valence-corrected chi connectivity index (χ4v) is 2.62. The van der Waals surface area contributed by atoms with Gasteiger partial charge in [0.05, 0.1) is 14.2 Å². The number of benzene rings is 1. The Bertz CT molecular complexity index is 789. The topological polar surface area (TPSA) is 68.9 Å². The SMILES string of the molecule is C=CC(O)c1c(-c2ccc(OC)c(OC)c2)cc(=O)oc1C(C)C. The molecule has 0 aliphatic heterocycles. The Hall–Kier alpha value is -2.53. The first-order valence-corrected chi connectivity index (χ1v) is 7.63. The van der Waals surface area contributed by atoms with Gasteiger partial charge in [0.2, 0.25) is 0 Å². The van der Waals surface area contributed by atoms with E-state index in [1.807, 2.05) is 13.8 Å². The van der Waals surface area contributed by atoms with E-state index in [2.05, 4.69) is 6.58 Å². The van der Waals surface area contributed by atoms with Gasteiger partial charge < -0.3 is 19.0 Å². The van der Waals surface area contributed by atoms with Crippen LogP contribution in [0, 0.1) is 0 Å². The summed E-state index contributed by atoms with van der Waals surface area (Å²) in [5, 5.41) is 10.4. The molecule has 1 unspecified atom stereocenters. The molecule has 0 aliphatic rings. The molecular formula is C19H22O5. The van der Waals surface area contributed by atoms with Crippen LogP contribution < -0.4 is 15.1 Å². The van der Waals surface area contributed by atoms with Crippen LogP contribution >= 0.6 is 0 Å². The van der Waals surface area contributed by atoms with Gasteiger partial charge in [0.1, 0.15) is 11.9 Å². The highest BCUT2D eigenvalue weighted by Gasteiger charge is 2.22. The second kappa shape index (κ2) is 7.36. The number of ether oxygens (including phenoxy) is 2. The average Bonchev–Trinajstić information content (AvgIpc) is 2.59. The minimum absolute atomic E-state index is 0.0672. The molecule has 2 aromatic rings. The van der Waals surface area contributed by atoms with E-state index >= 15 is 0 Å². The molecule has 0 radical (unpaired) electrons. The summed E-state index contributed by atoms with van der Waals surface area (Å²) in [6.07, 6.45) is 0.459. The molecular weight excluding hydrogens is 308 g/mol. The number of aliphatic hydroxyl groups excluding tert-OH is 1. The smallest absolute Gasteiger partial charge is 0.336 e. The highest BCUT2D eigenvalue weighted by atomic mass is 16.5. The van der Waals surface area contributed by atoms with Crippen molar-refractivity contribution in [1.29, 1.82) is 0 Å². The maximum absolute atomic E-state index is 12.0. The van der Waals surface area contributed by atoms with Crippen LogP contribution in [0.5, 0.6) is 11.5 Å². The molecule has 0 bridgehead atoms. The maximum atomic E-state index is 12.0. The van der Waals surface area contributed by atoms with E-state index in [9.17, 15) is 9.90 Å². The predicted octanol–water partition coefficient (Wildman–Crippen LogP) is 3.67. The van der Waals surface area contributed by atoms with E-state index in [4.69, 9.17) is 13.9 Å². The summed E-state index contributed by atoms with van der Waals surface area (Å²) >= 11 is 0. The van der Waals surface area contributed by atoms with E-state index < -0.39 is 11.7 Å². The Kier molecular flexibility index (Phi) is 5.46. The molecule has 24 heavy (non-hydrogen) atoms. The third kappa shape index (κ3) is 3.36. The largest absolute Gasteiger partial charge is 0.493 e. The highest BCUT2D eigenvalue weighted by Crippen LogP contribution is 2.37. The van der Waals surface area contributed by atoms with Gasteiger partial charge in [-0.3, -0.25) is 0 Å². The molecule has 2 rings (SSSR count). The second-order valence-electron chi connectivity index (χ2n) is 5.66. The van der Waals surface area contributed by atoms with Gasteiger partial charge in [-0.15, -0.1) is 6.58 Å². The van der Waals surface area contributed by atoms with E-state index in [-0.39, 0.29) is 5.92 Å². The molecule has 1 heterocycles. The molecule has 0 fully saturated rings. The van der Waals surface area contributed by atoms with Gasteiger partial charge in [-0.25, -0.2) is 4.79 Å². The number of hydrogen-bond donors (Lipinski definition) is 1. The van der Waals surface area contributed by atoms with Gasteiger partial charge >= 0.3 is 5.63 Å². The monoisotopic (exact) mass is 330 g/mol. The van der Waals surface area contributed by atoms with E-state index in [0.717, 1.165) is 5.56 Å². The minimum Gasteiger partial charge on any atom is -0.493 e. The van der Waals surface area contributed by atoms with Gasteiger partial charge in [0.15, 0.2) is 11.5 Å². The van der Waals surface area contributed by atoms with E-state index in [1.54, 1.807) is 32.4 Å².